The molecule has 0 spiro atoms. The van der Waals surface area contributed by atoms with Crippen molar-refractivity contribution < 1.29 is 10.2 Å². The number of hydrogen-bond donors (Lipinski definition) is 3. The molecule has 0 aromatic carbocycles. The molecule has 4 N–H and O–H groups in total. The van der Waals surface area contributed by atoms with E-state index in [0.29, 0.717) is 16.6 Å². The van der Waals surface area contributed by atoms with Gasteiger partial charge < -0.3 is 15.9 Å². The fourth-order valence-electron chi connectivity index (χ4n) is 0.956. The van der Waals surface area contributed by atoms with Crippen LogP contribution in [0.3, 0.4) is 0 Å². The van der Waals surface area contributed by atoms with E-state index in [1.54, 1.807) is 6.07 Å². The van der Waals surface area contributed by atoms with Crippen LogP contribution in [-0.2, 0) is 0 Å². The maximum absolute atomic E-state index is 9.57. The molecule has 0 aliphatic rings. The number of halogens is 1. The minimum atomic E-state index is -0.993. The van der Waals surface area contributed by atoms with Crippen molar-refractivity contribution in [1.82, 2.24) is 4.98 Å². The standard InChI is InChI=1S/C8H11BrN2O2/c9-3-7(12)8(13)5-4-11-2-1-6(5)10/h1-2,4,7-8,12-13H,3H2,(H2,10,11). The van der Waals surface area contributed by atoms with Crippen molar-refractivity contribution >= 4 is 21.6 Å². The van der Waals surface area contributed by atoms with Crippen molar-refractivity contribution in [2.24, 2.45) is 0 Å². The number of pyridine rings is 1. The van der Waals surface area contributed by atoms with Gasteiger partial charge in [-0.2, -0.15) is 0 Å². The van der Waals surface area contributed by atoms with Gasteiger partial charge in [0.05, 0.1) is 6.10 Å². The van der Waals surface area contributed by atoms with E-state index in [9.17, 15) is 10.2 Å². The van der Waals surface area contributed by atoms with Crippen molar-refractivity contribution in [2.45, 2.75) is 12.2 Å². The average molecular weight is 247 g/mol. The number of alkyl halides is 1. The van der Waals surface area contributed by atoms with Gasteiger partial charge in [-0.05, 0) is 6.07 Å². The van der Waals surface area contributed by atoms with E-state index in [1.807, 2.05) is 0 Å². The Labute approximate surface area is 84.5 Å². The van der Waals surface area contributed by atoms with Gasteiger partial charge >= 0.3 is 0 Å². The molecule has 1 aromatic rings. The highest BCUT2D eigenvalue weighted by Gasteiger charge is 2.19. The Morgan fingerprint density at radius 2 is 2.23 bits per heavy atom. The smallest absolute Gasteiger partial charge is 0.109 e. The summed E-state index contributed by atoms with van der Waals surface area (Å²) >= 11 is 3.07. The third kappa shape index (κ3) is 2.40. The Morgan fingerprint density at radius 1 is 1.54 bits per heavy atom. The summed E-state index contributed by atoms with van der Waals surface area (Å²) in [5.41, 5.74) is 6.47. The van der Waals surface area contributed by atoms with Gasteiger partial charge in [0.2, 0.25) is 0 Å². The van der Waals surface area contributed by atoms with Crippen LogP contribution in [0.5, 0.6) is 0 Å². The van der Waals surface area contributed by atoms with Crippen molar-refractivity contribution in [3.8, 4) is 0 Å². The number of nitrogens with two attached hydrogens (primary N) is 1. The molecular formula is C8H11BrN2O2. The van der Waals surface area contributed by atoms with Crippen LogP contribution in [0.4, 0.5) is 5.69 Å². The van der Waals surface area contributed by atoms with Crippen LogP contribution in [0.15, 0.2) is 18.5 Å². The summed E-state index contributed by atoms with van der Waals surface area (Å²) < 4.78 is 0. The Kier molecular flexibility index (Phi) is 3.65. The number of aliphatic hydroxyl groups excluding tert-OH is 2. The number of anilines is 1. The largest absolute Gasteiger partial charge is 0.398 e. The molecule has 0 radical (unpaired) electrons. The first-order valence-electron chi connectivity index (χ1n) is 3.78. The number of aromatic nitrogens is 1. The van der Waals surface area contributed by atoms with Gasteiger partial charge in [-0.3, -0.25) is 4.98 Å². The SMILES string of the molecule is Nc1ccncc1C(O)C(O)CBr. The Morgan fingerprint density at radius 3 is 2.77 bits per heavy atom. The zero-order chi connectivity index (χ0) is 9.84. The molecule has 0 aliphatic carbocycles. The molecule has 5 heteroatoms. The highest BCUT2D eigenvalue weighted by molar-refractivity contribution is 9.09. The quantitative estimate of drug-likeness (QED) is 0.677. The minimum absolute atomic E-state index is 0.294. The molecule has 2 unspecified atom stereocenters. The lowest BCUT2D eigenvalue weighted by Gasteiger charge is -2.16. The normalized spacial score (nSPS) is 15.3. The maximum Gasteiger partial charge on any atom is 0.109 e. The van der Waals surface area contributed by atoms with Crippen molar-refractivity contribution in [2.75, 3.05) is 11.1 Å². The van der Waals surface area contributed by atoms with Gasteiger partial charge in [-0.25, -0.2) is 0 Å². The topological polar surface area (TPSA) is 79.4 Å². The van der Waals surface area contributed by atoms with E-state index in [1.165, 1.54) is 12.4 Å². The molecule has 0 saturated carbocycles. The van der Waals surface area contributed by atoms with Crippen LogP contribution < -0.4 is 5.73 Å². The lowest BCUT2D eigenvalue weighted by molar-refractivity contribution is 0.0345. The lowest BCUT2D eigenvalue weighted by Crippen LogP contribution is -2.20. The predicted molar refractivity (Wildman–Crippen MR) is 53.4 cm³/mol. The molecule has 2 atom stereocenters. The number of aliphatic hydroxyl groups is 2. The third-order valence-electron chi connectivity index (χ3n) is 1.73. The van der Waals surface area contributed by atoms with Crippen molar-refractivity contribution in [3.05, 3.63) is 24.0 Å². The predicted octanol–water partition coefficient (Wildman–Crippen LogP) is 0.453. The first kappa shape index (κ1) is 10.4. The van der Waals surface area contributed by atoms with E-state index in [0.717, 1.165) is 0 Å². The Balaban J connectivity index is 2.88. The summed E-state index contributed by atoms with van der Waals surface area (Å²) in [5.74, 6) is 0. The summed E-state index contributed by atoms with van der Waals surface area (Å²) in [5, 5.41) is 19.2. The van der Waals surface area contributed by atoms with Crippen LogP contribution in [0.25, 0.3) is 0 Å². The number of nitrogens with zero attached hydrogens (tertiary/aromatic N) is 1. The van der Waals surface area contributed by atoms with E-state index >= 15 is 0 Å². The Hall–Kier alpha value is -0.650. The van der Waals surface area contributed by atoms with E-state index in [-0.39, 0.29) is 0 Å². The molecule has 4 nitrogen and oxygen atoms in total. The molecule has 1 aromatic heterocycles. The summed E-state index contributed by atoms with van der Waals surface area (Å²) in [6.07, 6.45) is 1.12. The van der Waals surface area contributed by atoms with Crippen molar-refractivity contribution in [3.63, 3.8) is 0 Å². The summed E-state index contributed by atoms with van der Waals surface area (Å²) in [6, 6.07) is 1.58. The molecule has 1 rings (SSSR count). The van der Waals surface area contributed by atoms with Gasteiger partial charge in [0, 0.05) is 29.0 Å². The molecule has 0 fully saturated rings. The molecule has 13 heavy (non-hydrogen) atoms. The first-order valence-corrected chi connectivity index (χ1v) is 4.90. The molecule has 0 aliphatic heterocycles. The number of nitrogen functional groups attached to an aromatic ring is 1. The van der Waals surface area contributed by atoms with E-state index in [4.69, 9.17) is 5.73 Å². The molecule has 0 bridgehead atoms. The monoisotopic (exact) mass is 246 g/mol. The van der Waals surface area contributed by atoms with Crippen LogP contribution in [0, 0.1) is 0 Å². The van der Waals surface area contributed by atoms with Gasteiger partial charge in [0.15, 0.2) is 0 Å². The zero-order valence-corrected chi connectivity index (χ0v) is 8.48. The zero-order valence-electron chi connectivity index (χ0n) is 6.89. The van der Waals surface area contributed by atoms with Crippen LogP contribution in [0.1, 0.15) is 11.7 Å². The third-order valence-corrected chi connectivity index (χ3v) is 2.39. The Bertz CT molecular complexity index is 283. The average Bonchev–Trinajstić information content (AvgIpc) is 2.16. The number of hydrogen-bond acceptors (Lipinski definition) is 4. The van der Waals surface area contributed by atoms with Crippen LogP contribution in [-0.4, -0.2) is 26.6 Å². The van der Waals surface area contributed by atoms with Gasteiger partial charge in [-0.15, -0.1) is 0 Å². The van der Waals surface area contributed by atoms with Crippen molar-refractivity contribution in [1.29, 1.82) is 0 Å². The van der Waals surface area contributed by atoms with Gasteiger partial charge in [-0.1, -0.05) is 15.9 Å². The van der Waals surface area contributed by atoms with Crippen LogP contribution >= 0.6 is 15.9 Å². The fourth-order valence-corrected chi connectivity index (χ4v) is 1.31. The maximum atomic E-state index is 9.57. The summed E-state index contributed by atoms with van der Waals surface area (Å²) in [6.45, 7) is 0. The summed E-state index contributed by atoms with van der Waals surface area (Å²) in [7, 11) is 0. The summed E-state index contributed by atoms with van der Waals surface area (Å²) in [4.78, 5) is 3.82. The second-order valence-corrected chi connectivity index (χ2v) is 3.32. The van der Waals surface area contributed by atoms with E-state index < -0.39 is 12.2 Å². The highest BCUT2D eigenvalue weighted by Crippen LogP contribution is 2.22. The molecular weight excluding hydrogens is 236 g/mol. The minimum Gasteiger partial charge on any atom is -0.398 e. The van der Waals surface area contributed by atoms with E-state index in [2.05, 4.69) is 20.9 Å². The molecule has 1 heterocycles. The second-order valence-electron chi connectivity index (χ2n) is 2.67. The fraction of sp³-hybridized carbons (Fsp3) is 0.375. The lowest BCUT2D eigenvalue weighted by atomic mass is 10.1. The number of rotatable bonds is 3. The second kappa shape index (κ2) is 4.55. The highest BCUT2D eigenvalue weighted by atomic mass is 79.9. The molecule has 0 saturated heterocycles. The molecule has 0 amide bonds. The first-order chi connectivity index (χ1) is 6.16. The van der Waals surface area contributed by atoms with Crippen LogP contribution in [0.2, 0.25) is 0 Å². The molecule has 72 valence electrons. The van der Waals surface area contributed by atoms with Gasteiger partial charge in [0.1, 0.15) is 6.10 Å². The van der Waals surface area contributed by atoms with Gasteiger partial charge in [0.25, 0.3) is 0 Å².